The van der Waals surface area contributed by atoms with Gasteiger partial charge < -0.3 is 5.11 Å². The largest absolute Gasteiger partial charge is 0.481 e. The molecule has 1 rings (SSSR count). The zero-order valence-electron chi connectivity index (χ0n) is 12.3. The van der Waals surface area contributed by atoms with E-state index in [1.54, 1.807) is 0 Å². The van der Waals surface area contributed by atoms with Crippen LogP contribution in [0.4, 0.5) is 0 Å². The number of carbonyl (C=O) groups is 1. The lowest BCUT2D eigenvalue weighted by Gasteiger charge is -2.48. The highest BCUT2D eigenvalue weighted by Gasteiger charge is 2.50. The van der Waals surface area contributed by atoms with Crippen LogP contribution in [0.25, 0.3) is 0 Å². The van der Waals surface area contributed by atoms with Gasteiger partial charge >= 0.3 is 5.97 Å². The monoisotopic (exact) mass is 274 g/mol. The Morgan fingerprint density at radius 1 is 1.39 bits per heavy atom. The summed E-state index contributed by atoms with van der Waals surface area (Å²) >= 11 is 6.53. The van der Waals surface area contributed by atoms with Crippen LogP contribution in [0.5, 0.6) is 0 Å². The Morgan fingerprint density at radius 3 is 2.39 bits per heavy atom. The average Bonchev–Trinajstić information content (AvgIpc) is 2.30. The molecule has 0 amide bonds. The zero-order valence-corrected chi connectivity index (χ0v) is 13.0. The number of alkyl halides is 1. The van der Waals surface area contributed by atoms with Crippen molar-refractivity contribution in [1.29, 1.82) is 0 Å². The smallest absolute Gasteiger partial charge is 0.303 e. The second-order valence-electron chi connectivity index (χ2n) is 6.99. The second kappa shape index (κ2) is 5.40. The van der Waals surface area contributed by atoms with Gasteiger partial charge in [0.1, 0.15) is 0 Å². The summed E-state index contributed by atoms with van der Waals surface area (Å²) in [6.45, 7) is 11.0. The van der Waals surface area contributed by atoms with Crippen LogP contribution in [0, 0.1) is 22.7 Å². The van der Waals surface area contributed by atoms with Crippen LogP contribution in [0.3, 0.4) is 0 Å². The molecule has 0 aromatic heterocycles. The standard InChI is InChI=1S/C15H27ClO2/c1-10(2)15(5)8-6-7-12(16)14(3,4)11(15)9-13(17)18/h10-12H,6-9H2,1-5H3,(H,17,18). The highest BCUT2D eigenvalue weighted by molar-refractivity contribution is 6.21. The molecular weight excluding hydrogens is 248 g/mol. The molecule has 0 aromatic carbocycles. The van der Waals surface area contributed by atoms with E-state index in [0.717, 1.165) is 19.3 Å². The molecule has 0 aromatic rings. The molecule has 1 saturated carbocycles. The van der Waals surface area contributed by atoms with E-state index in [0.29, 0.717) is 5.92 Å². The third-order valence-corrected chi connectivity index (χ3v) is 6.15. The van der Waals surface area contributed by atoms with Gasteiger partial charge in [0.25, 0.3) is 0 Å². The van der Waals surface area contributed by atoms with E-state index in [-0.39, 0.29) is 28.5 Å². The van der Waals surface area contributed by atoms with Gasteiger partial charge in [-0.15, -0.1) is 11.6 Å². The van der Waals surface area contributed by atoms with E-state index in [1.807, 2.05) is 0 Å². The van der Waals surface area contributed by atoms with E-state index in [2.05, 4.69) is 34.6 Å². The number of hydrogen-bond acceptors (Lipinski definition) is 1. The Kier molecular flexibility index (Phi) is 4.75. The van der Waals surface area contributed by atoms with Gasteiger partial charge in [0.05, 0.1) is 0 Å². The lowest BCUT2D eigenvalue weighted by atomic mass is 9.57. The van der Waals surface area contributed by atoms with Crippen LogP contribution < -0.4 is 0 Å². The van der Waals surface area contributed by atoms with Crippen molar-refractivity contribution in [2.45, 2.75) is 65.7 Å². The van der Waals surface area contributed by atoms with Gasteiger partial charge in [-0.25, -0.2) is 0 Å². The number of carboxylic acid groups (broad SMARTS) is 1. The van der Waals surface area contributed by atoms with E-state index in [1.165, 1.54) is 0 Å². The summed E-state index contributed by atoms with van der Waals surface area (Å²) in [7, 11) is 0. The molecule has 0 aliphatic heterocycles. The van der Waals surface area contributed by atoms with Crippen LogP contribution in [-0.4, -0.2) is 16.5 Å². The Morgan fingerprint density at radius 2 is 1.94 bits per heavy atom. The Labute approximate surface area is 116 Å². The first-order chi connectivity index (χ1) is 8.12. The van der Waals surface area contributed by atoms with Crippen molar-refractivity contribution in [3.63, 3.8) is 0 Å². The predicted octanol–water partition coefficient (Wildman–Crippen LogP) is 4.56. The topological polar surface area (TPSA) is 37.3 Å². The second-order valence-corrected chi connectivity index (χ2v) is 7.52. The summed E-state index contributed by atoms with van der Waals surface area (Å²) in [6.07, 6.45) is 3.40. The summed E-state index contributed by atoms with van der Waals surface area (Å²) in [5, 5.41) is 9.32. The molecule has 0 bridgehead atoms. The molecule has 3 atom stereocenters. The Balaban J connectivity index is 3.19. The molecule has 3 heteroatoms. The molecule has 1 aliphatic carbocycles. The van der Waals surface area contributed by atoms with E-state index in [9.17, 15) is 9.90 Å². The minimum absolute atomic E-state index is 0.0610. The molecule has 0 heterocycles. The fourth-order valence-electron chi connectivity index (χ4n) is 3.64. The summed E-state index contributed by atoms with van der Waals surface area (Å²) in [4.78, 5) is 11.2. The van der Waals surface area contributed by atoms with Gasteiger partial charge in [-0.2, -0.15) is 0 Å². The number of halogens is 1. The van der Waals surface area contributed by atoms with E-state index in [4.69, 9.17) is 11.6 Å². The molecule has 0 saturated heterocycles. The Bertz CT molecular complexity index is 312. The third kappa shape index (κ3) is 2.84. The molecule has 18 heavy (non-hydrogen) atoms. The molecule has 0 spiro atoms. The average molecular weight is 275 g/mol. The lowest BCUT2D eigenvalue weighted by molar-refractivity contribution is -0.141. The van der Waals surface area contributed by atoms with Crippen molar-refractivity contribution in [2.24, 2.45) is 22.7 Å². The summed E-state index contributed by atoms with van der Waals surface area (Å²) in [5.41, 5.74) is -0.0685. The van der Waals surface area contributed by atoms with Gasteiger partial charge in [0.2, 0.25) is 0 Å². The van der Waals surface area contributed by atoms with Gasteiger partial charge in [-0.3, -0.25) is 4.79 Å². The molecule has 2 nitrogen and oxygen atoms in total. The van der Waals surface area contributed by atoms with Crippen molar-refractivity contribution in [2.75, 3.05) is 0 Å². The van der Waals surface area contributed by atoms with Crippen molar-refractivity contribution >= 4 is 17.6 Å². The fraction of sp³-hybridized carbons (Fsp3) is 0.933. The maximum Gasteiger partial charge on any atom is 0.303 e. The quantitative estimate of drug-likeness (QED) is 0.605. The maximum atomic E-state index is 11.2. The first-order valence-corrected chi connectivity index (χ1v) is 7.42. The van der Waals surface area contributed by atoms with Crippen LogP contribution >= 0.6 is 11.6 Å². The Hall–Kier alpha value is -0.240. The van der Waals surface area contributed by atoms with E-state index < -0.39 is 5.97 Å². The van der Waals surface area contributed by atoms with Gasteiger partial charge in [0, 0.05) is 11.8 Å². The lowest BCUT2D eigenvalue weighted by Crippen LogP contribution is -2.44. The number of hydrogen-bond donors (Lipinski definition) is 1. The summed E-state index contributed by atoms with van der Waals surface area (Å²) in [5.74, 6) is -0.0960. The van der Waals surface area contributed by atoms with Gasteiger partial charge in [0.15, 0.2) is 0 Å². The van der Waals surface area contributed by atoms with Crippen molar-refractivity contribution < 1.29 is 9.90 Å². The van der Waals surface area contributed by atoms with Crippen LogP contribution in [0.15, 0.2) is 0 Å². The summed E-state index contributed by atoms with van der Waals surface area (Å²) < 4.78 is 0. The molecule has 106 valence electrons. The molecule has 1 aliphatic rings. The minimum Gasteiger partial charge on any atom is -0.481 e. The molecule has 1 fully saturated rings. The SMILES string of the molecule is CC(C)C1(C)CCCC(Cl)C(C)(C)C1CC(=O)O. The fourth-order valence-corrected chi connectivity index (χ4v) is 3.94. The number of rotatable bonds is 3. The van der Waals surface area contributed by atoms with Crippen molar-refractivity contribution in [1.82, 2.24) is 0 Å². The van der Waals surface area contributed by atoms with Crippen LogP contribution in [0.1, 0.15) is 60.3 Å². The first-order valence-electron chi connectivity index (χ1n) is 6.98. The number of aliphatic carboxylic acids is 1. The molecule has 3 unspecified atom stereocenters. The van der Waals surface area contributed by atoms with Gasteiger partial charge in [-0.1, -0.05) is 41.0 Å². The summed E-state index contributed by atoms with van der Waals surface area (Å²) in [6, 6.07) is 0. The van der Waals surface area contributed by atoms with Gasteiger partial charge in [-0.05, 0) is 35.5 Å². The maximum absolute atomic E-state index is 11.2. The molecule has 1 N–H and O–H groups in total. The molecular formula is C15H27ClO2. The van der Waals surface area contributed by atoms with Crippen LogP contribution in [0.2, 0.25) is 0 Å². The third-order valence-electron chi connectivity index (χ3n) is 5.37. The highest BCUT2D eigenvalue weighted by atomic mass is 35.5. The van der Waals surface area contributed by atoms with Crippen molar-refractivity contribution in [3.05, 3.63) is 0 Å². The number of carboxylic acids is 1. The van der Waals surface area contributed by atoms with E-state index >= 15 is 0 Å². The van der Waals surface area contributed by atoms with Crippen LogP contribution in [-0.2, 0) is 4.79 Å². The zero-order chi connectivity index (χ0) is 14.1. The minimum atomic E-state index is -0.703. The van der Waals surface area contributed by atoms with Crippen molar-refractivity contribution in [3.8, 4) is 0 Å². The highest BCUT2D eigenvalue weighted by Crippen LogP contribution is 2.55. The normalized spacial score (nSPS) is 36.4. The first kappa shape index (κ1) is 15.8. The molecule has 0 radical (unpaired) electrons. The predicted molar refractivity (Wildman–Crippen MR) is 76.0 cm³/mol.